The highest BCUT2D eigenvalue weighted by Gasteiger charge is 2.49. The Morgan fingerprint density at radius 2 is 1.95 bits per heavy atom. The molecule has 4 fully saturated rings. The number of hydrogen-bond acceptors (Lipinski definition) is 7. The van der Waals surface area contributed by atoms with Crippen LogP contribution in [0.1, 0.15) is 52.9 Å². The van der Waals surface area contributed by atoms with E-state index >= 15 is 0 Å². The molecule has 1 amide bonds. The number of alkyl halides is 1. The third-order valence-electron chi connectivity index (χ3n) is 8.31. The molecular weight excluding hydrogens is 577 g/mol. The molecular formula is C27H34BrClFN5O3. The van der Waals surface area contributed by atoms with E-state index in [4.69, 9.17) is 31.0 Å². The zero-order valence-electron chi connectivity index (χ0n) is 22.1. The Bertz CT molecular complexity index is 1250. The molecule has 2 aromatic rings. The van der Waals surface area contributed by atoms with Gasteiger partial charge in [-0.05, 0) is 81.1 Å². The van der Waals surface area contributed by atoms with Crippen LogP contribution in [-0.4, -0.2) is 88.0 Å². The topological polar surface area (TPSA) is 71.0 Å². The molecule has 11 heteroatoms. The van der Waals surface area contributed by atoms with Crippen LogP contribution in [0.2, 0.25) is 5.02 Å². The molecule has 6 rings (SSSR count). The van der Waals surface area contributed by atoms with E-state index in [9.17, 15) is 9.18 Å². The molecule has 4 saturated heterocycles. The van der Waals surface area contributed by atoms with Gasteiger partial charge in [-0.15, -0.1) is 0 Å². The Kier molecular flexibility index (Phi) is 6.67. The van der Waals surface area contributed by atoms with Gasteiger partial charge in [0.15, 0.2) is 0 Å². The number of carbonyl (C=O) groups is 1. The van der Waals surface area contributed by atoms with Crippen LogP contribution in [0.5, 0.6) is 6.01 Å². The van der Waals surface area contributed by atoms with Crippen LogP contribution in [0.4, 0.5) is 15.0 Å². The Labute approximate surface area is 235 Å². The number of aromatic nitrogens is 2. The van der Waals surface area contributed by atoms with Gasteiger partial charge in [0.05, 0.1) is 28.2 Å². The standard InChI is InChI=1S/C27H34BrClFN5O3/c1-26(2,3)38-25(36)35-17-5-6-18(35)14-33(13-17)23-19-9-21(29)20(28)10-22(19)31-24(32-23)37-15-27-7-4-8-34(27)12-16(30)11-27/h9-10,16-18H,4-8,11-15H2,1-3H3/t16-,17-,18+,27+/m1/s1. The third kappa shape index (κ3) is 4.81. The predicted octanol–water partition coefficient (Wildman–Crippen LogP) is 5.59. The molecule has 0 radical (unpaired) electrons. The number of amides is 1. The second kappa shape index (κ2) is 9.63. The molecule has 0 spiro atoms. The van der Waals surface area contributed by atoms with Crippen molar-refractivity contribution in [3.8, 4) is 6.01 Å². The first kappa shape index (κ1) is 26.3. The number of halogens is 3. The number of carbonyl (C=O) groups excluding carboxylic acids is 1. The van der Waals surface area contributed by atoms with Crippen molar-refractivity contribution in [2.24, 2.45) is 0 Å². The lowest BCUT2D eigenvalue weighted by Crippen LogP contribution is -2.57. The summed E-state index contributed by atoms with van der Waals surface area (Å²) in [6.45, 7) is 8.69. The summed E-state index contributed by atoms with van der Waals surface area (Å²) in [6.07, 6.45) is 3.23. The molecule has 4 atom stereocenters. The fourth-order valence-electron chi connectivity index (χ4n) is 6.73. The summed E-state index contributed by atoms with van der Waals surface area (Å²) in [7, 11) is 0. The zero-order valence-corrected chi connectivity index (χ0v) is 24.4. The molecule has 0 saturated carbocycles. The van der Waals surface area contributed by atoms with E-state index in [1.54, 1.807) is 0 Å². The van der Waals surface area contributed by atoms with E-state index in [2.05, 4.69) is 25.7 Å². The molecule has 0 unspecified atom stereocenters. The highest BCUT2D eigenvalue weighted by Crippen LogP contribution is 2.41. The van der Waals surface area contributed by atoms with Crippen LogP contribution in [0.15, 0.2) is 16.6 Å². The van der Waals surface area contributed by atoms with Crippen molar-refractivity contribution in [2.75, 3.05) is 37.7 Å². The summed E-state index contributed by atoms with van der Waals surface area (Å²) in [5.41, 5.74) is -0.0990. The minimum absolute atomic E-state index is 0.0369. The van der Waals surface area contributed by atoms with Gasteiger partial charge in [0, 0.05) is 35.9 Å². The van der Waals surface area contributed by atoms with Crippen molar-refractivity contribution in [1.82, 2.24) is 19.8 Å². The second-order valence-electron chi connectivity index (χ2n) is 12.2. The lowest BCUT2D eigenvalue weighted by atomic mass is 9.95. The highest BCUT2D eigenvalue weighted by atomic mass is 79.9. The largest absolute Gasteiger partial charge is 0.461 e. The van der Waals surface area contributed by atoms with Crippen molar-refractivity contribution in [2.45, 2.75) is 82.3 Å². The Balaban J connectivity index is 1.29. The molecule has 0 N–H and O–H groups in total. The molecule has 38 heavy (non-hydrogen) atoms. The maximum Gasteiger partial charge on any atom is 0.410 e. The van der Waals surface area contributed by atoms with Crippen molar-refractivity contribution < 1.29 is 18.7 Å². The molecule has 5 heterocycles. The average Bonchev–Trinajstić information content (AvgIpc) is 3.44. The highest BCUT2D eigenvalue weighted by molar-refractivity contribution is 9.10. The van der Waals surface area contributed by atoms with E-state index in [-0.39, 0.29) is 29.7 Å². The molecule has 0 aliphatic carbocycles. The summed E-state index contributed by atoms with van der Waals surface area (Å²) in [4.78, 5) is 28.9. The summed E-state index contributed by atoms with van der Waals surface area (Å²) in [6, 6.07) is 4.12. The van der Waals surface area contributed by atoms with Crippen LogP contribution in [-0.2, 0) is 4.74 Å². The van der Waals surface area contributed by atoms with Gasteiger partial charge in [0.2, 0.25) is 0 Å². The van der Waals surface area contributed by atoms with Gasteiger partial charge in [-0.25, -0.2) is 9.18 Å². The van der Waals surface area contributed by atoms with Gasteiger partial charge in [0.1, 0.15) is 24.2 Å². The number of hydrogen-bond donors (Lipinski definition) is 0. The van der Waals surface area contributed by atoms with Crippen LogP contribution < -0.4 is 9.64 Å². The van der Waals surface area contributed by atoms with E-state index < -0.39 is 11.8 Å². The molecule has 2 bridgehead atoms. The van der Waals surface area contributed by atoms with Gasteiger partial charge in [0.25, 0.3) is 0 Å². The lowest BCUT2D eigenvalue weighted by molar-refractivity contribution is 0.0122. The molecule has 1 aromatic heterocycles. The fourth-order valence-corrected chi connectivity index (χ4v) is 7.22. The van der Waals surface area contributed by atoms with Gasteiger partial charge in [-0.1, -0.05) is 11.6 Å². The van der Waals surface area contributed by atoms with E-state index in [0.717, 1.165) is 53.4 Å². The van der Waals surface area contributed by atoms with E-state index in [1.165, 1.54) is 0 Å². The Morgan fingerprint density at radius 1 is 1.21 bits per heavy atom. The Morgan fingerprint density at radius 3 is 2.66 bits per heavy atom. The first-order valence-corrected chi connectivity index (χ1v) is 14.6. The number of rotatable bonds is 4. The van der Waals surface area contributed by atoms with Crippen molar-refractivity contribution >= 4 is 50.3 Å². The molecule has 4 aliphatic heterocycles. The number of anilines is 1. The second-order valence-corrected chi connectivity index (χ2v) is 13.4. The van der Waals surface area contributed by atoms with Crippen molar-refractivity contribution in [1.29, 1.82) is 0 Å². The van der Waals surface area contributed by atoms with Crippen LogP contribution in [0.25, 0.3) is 10.9 Å². The first-order valence-electron chi connectivity index (χ1n) is 13.5. The number of nitrogens with zero attached hydrogens (tertiary/aromatic N) is 5. The van der Waals surface area contributed by atoms with Crippen molar-refractivity contribution in [3.63, 3.8) is 0 Å². The SMILES string of the molecule is CC(C)(C)OC(=O)N1[C@@H]2CC[C@H]1CN(c1nc(OC[C@@]34CCCN3C[C@H](F)C4)nc3cc(Br)c(Cl)cc13)C2. The number of piperazine rings is 1. The van der Waals surface area contributed by atoms with Gasteiger partial charge in [-0.3, -0.25) is 9.80 Å². The van der Waals surface area contributed by atoms with E-state index in [0.29, 0.717) is 37.7 Å². The first-order chi connectivity index (χ1) is 18.0. The number of fused-ring (bicyclic) bond motifs is 4. The maximum absolute atomic E-state index is 14.3. The van der Waals surface area contributed by atoms with Gasteiger partial charge >= 0.3 is 12.1 Å². The van der Waals surface area contributed by atoms with E-state index in [1.807, 2.05) is 37.8 Å². The third-order valence-corrected chi connectivity index (χ3v) is 9.51. The fraction of sp³-hybridized carbons (Fsp3) is 0.667. The van der Waals surface area contributed by atoms with Crippen molar-refractivity contribution in [3.05, 3.63) is 21.6 Å². The average molecular weight is 611 g/mol. The van der Waals surface area contributed by atoms with Gasteiger partial charge < -0.3 is 14.4 Å². The lowest BCUT2D eigenvalue weighted by Gasteiger charge is -2.42. The zero-order chi connectivity index (χ0) is 26.8. The quantitative estimate of drug-likeness (QED) is 0.447. The minimum Gasteiger partial charge on any atom is -0.461 e. The molecule has 4 aliphatic rings. The number of benzene rings is 1. The summed E-state index contributed by atoms with van der Waals surface area (Å²) in [5, 5.41) is 1.41. The van der Waals surface area contributed by atoms with Crippen LogP contribution >= 0.6 is 27.5 Å². The maximum atomic E-state index is 14.3. The molecule has 1 aromatic carbocycles. The normalized spacial score (nSPS) is 29.3. The minimum atomic E-state index is -0.818. The van der Waals surface area contributed by atoms with Gasteiger partial charge in [-0.2, -0.15) is 9.97 Å². The number of ether oxygens (including phenoxy) is 2. The van der Waals surface area contributed by atoms with Crippen LogP contribution in [0, 0.1) is 0 Å². The Hall–Kier alpha value is -1.91. The predicted molar refractivity (Wildman–Crippen MR) is 148 cm³/mol. The summed E-state index contributed by atoms with van der Waals surface area (Å²) in [5.74, 6) is 0.746. The molecule has 8 nitrogen and oxygen atoms in total. The summed E-state index contributed by atoms with van der Waals surface area (Å²) < 4.78 is 27.0. The molecule has 206 valence electrons. The van der Waals surface area contributed by atoms with Crippen LogP contribution in [0.3, 0.4) is 0 Å². The summed E-state index contributed by atoms with van der Waals surface area (Å²) >= 11 is 10.0. The monoisotopic (exact) mass is 609 g/mol. The smallest absolute Gasteiger partial charge is 0.410 e.